The van der Waals surface area contributed by atoms with E-state index in [4.69, 9.17) is 4.74 Å². The van der Waals surface area contributed by atoms with Crippen LogP contribution in [-0.4, -0.2) is 26.5 Å². The first kappa shape index (κ1) is 21.6. The molecule has 2 N–H and O–H groups in total. The van der Waals surface area contributed by atoms with E-state index in [-0.39, 0.29) is 28.4 Å². The average Bonchev–Trinajstić information content (AvgIpc) is 2.60. The van der Waals surface area contributed by atoms with E-state index < -0.39 is 14.9 Å². The van der Waals surface area contributed by atoms with Gasteiger partial charge in [0.05, 0.1) is 23.0 Å². The van der Waals surface area contributed by atoms with Gasteiger partial charge in [0.25, 0.3) is 5.69 Å². The molecule has 2 rings (SSSR count). The van der Waals surface area contributed by atoms with Crippen LogP contribution < -0.4 is 14.8 Å². The Balaban J connectivity index is 2.41. The fourth-order valence-electron chi connectivity index (χ4n) is 2.83. The van der Waals surface area contributed by atoms with E-state index >= 15 is 0 Å². The van der Waals surface area contributed by atoms with Gasteiger partial charge in [-0.15, -0.1) is 0 Å². The predicted octanol–water partition coefficient (Wildman–Crippen LogP) is 3.77. The van der Waals surface area contributed by atoms with Crippen LogP contribution in [0.1, 0.15) is 37.9 Å². The van der Waals surface area contributed by atoms with Gasteiger partial charge in [-0.1, -0.05) is 17.7 Å². The smallest absolute Gasteiger partial charge is 0.293 e. The molecule has 0 saturated heterocycles. The van der Waals surface area contributed by atoms with Crippen molar-refractivity contribution >= 4 is 21.4 Å². The fourth-order valence-corrected chi connectivity index (χ4v) is 4.10. The molecule has 0 heterocycles. The SMILES string of the molecule is COc1ccc(C)cc1[C@H](C)Nc1ccc(S(=O)(=O)NC(C)C)cc1[N+](=O)[O-]. The summed E-state index contributed by atoms with van der Waals surface area (Å²) in [7, 11) is -2.27. The van der Waals surface area contributed by atoms with Crippen molar-refractivity contribution in [3.8, 4) is 5.75 Å². The van der Waals surface area contributed by atoms with Gasteiger partial charge < -0.3 is 10.1 Å². The summed E-state index contributed by atoms with van der Waals surface area (Å²) >= 11 is 0. The van der Waals surface area contributed by atoms with Gasteiger partial charge in [-0.25, -0.2) is 13.1 Å². The van der Waals surface area contributed by atoms with Gasteiger partial charge >= 0.3 is 0 Å². The van der Waals surface area contributed by atoms with Gasteiger partial charge in [-0.05, 0) is 45.9 Å². The summed E-state index contributed by atoms with van der Waals surface area (Å²) < 4.78 is 32.4. The number of rotatable bonds is 8. The second kappa shape index (κ2) is 8.57. The summed E-state index contributed by atoms with van der Waals surface area (Å²) in [6, 6.07) is 8.89. The van der Waals surface area contributed by atoms with Gasteiger partial charge in [0, 0.05) is 17.7 Å². The molecule has 0 radical (unpaired) electrons. The maximum Gasteiger partial charge on any atom is 0.293 e. The highest BCUT2D eigenvalue weighted by Crippen LogP contribution is 2.33. The van der Waals surface area contributed by atoms with Gasteiger partial charge in [-0.3, -0.25) is 10.1 Å². The van der Waals surface area contributed by atoms with Crippen LogP contribution in [0.4, 0.5) is 11.4 Å². The third-order valence-electron chi connectivity index (χ3n) is 4.09. The Morgan fingerprint density at radius 1 is 1.11 bits per heavy atom. The van der Waals surface area contributed by atoms with Crippen LogP contribution in [0, 0.1) is 17.0 Å². The molecule has 0 spiro atoms. The molecule has 28 heavy (non-hydrogen) atoms. The molecule has 2 aromatic carbocycles. The van der Waals surface area contributed by atoms with Crippen LogP contribution >= 0.6 is 0 Å². The van der Waals surface area contributed by atoms with E-state index in [1.165, 1.54) is 12.1 Å². The first-order valence-electron chi connectivity index (χ1n) is 8.77. The number of sulfonamides is 1. The lowest BCUT2D eigenvalue weighted by Gasteiger charge is -2.19. The first-order valence-corrected chi connectivity index (χ1v) is 10.3. The molecule has 0 aliphatic heterocycles. The summed E-state index contributed by atoms with van der Waals surface area (Å²) in [5.74, 6) is 0.661. The minimum atomic E-state index is -3.83. The number of nitrogens with one attached hydrogen (secondary N) is 2. The molecule has 0 saturated carbocycles. The van der Waals surface area contributed by atoms with Crippen LogP contribution in [0.3, 0.4) is 0 Å². The van der Waals surface area contributed by atoms with E-state index in [9.17, 15) is 18.5 Å². The number of nitrogens with zero attached hydrogens (tertiary/aromatic N) is 1. The molecule has 1 atom stereocenters. The molecule has 0 unspecified atom stereocenters. The van der Waals surface area contributed by atoms with Crippen molar-refractivity contribution < 1.29 is 18.1 Å². The molecule has 0 aliphatic rings. The Kier molecular flexibility index (Phi) is 6.63. The number of hydrogen-bond donors (Lipinski definition) is 2. The number of nitro groups is 1. The Morgan fingerprint density at radius 3 is 2.36 bits per heavy atom. The van der Waals surface area contributed by atoms with E-state index in [0.29, 0.717) is 5.75 Å². The minimum absolute atomic E-state index is 0.153. The predicted molar refractivity (Wildman–Crippen MR) is 108 cm³/mol. The molecule has 0 bridgehead atoms. The van der Waals surface area contributed by atoms with Gasteiger partial charge in [0.2, 0.25) is 10.0 Å². The number of anilines is 1. The van der Waals surface area contributed by atoms with Crippen LogP contribution in [0.2, 0.25) is 0 Å². The van der Waals surface area contributed by atoms with Crippen molar-refractivity contribution in [1.29, 1.82) is 0 Å². The van der Waals surface area contributed by atoms with Gasteiger partial charge in [-0.2, -0.15) is 0 Å². The average molecular weight is 407 g/mol. The second-order valence-electron chi connectivity index (χ2n) is 6.82. The Hall–Kier alpha value is -2.65. The third kappa shape index (κ3) is 4.99. The van der Waals surface area contributed by atoms with Crippen LogP contribution in [0.15, 0.2) is 41.3 Å². The van der Waals surface area contributed by atoms with Crippen molar-refractivity contribution in [2.75, 3.05) is 12.4 Å². The monoisotopic (exact) mass is 407 g/mol. The van der Waals surface area contributed by atoms with Crippen molar-refractivity contribution in [2.45, 2.75) is 44.7 Å². The highest BCUT2D eigenvalue weighted by atomic mass is 32.2. The number of methoxy groups -OCH3 is 1. The lowest BCUT2D eigenvalue weighted by Crippen LogP contribution is -2.30. The third-order valence-corrected chi connectivity index (χ3v) is 5.75. The maximum atomic E-state index is 12.3. The standard InChI is InChI=1S/C19H25N3O5S/c1-12(2)21-28(25,26)15-7-8-17(18(11-15)22(23)24)20-14(4)16-10-13(3)6-9-19(16)27-5/h6-12,14,20-21H,1-5H3/t14-/m0/s1. The first-order chi connectivity index (χ1) is 13.0. The van der Waals surface area contributed by atoms with Crippen molar-refractivity contribution in [3.63, 3.8) is 0 Å². The van der Waals surface area contributed by atoms with E-state index in [2.05, 4.69) is 10.0 Å². The minimum Gasteiger partial charge on any atom is -0.496 e. The van der Waals surface area contributed by atoms with Gasteiger partial charge in [0.1, 0.15) is 11.4 Å². The molecule has 9 heteroatoms. The zero-order valence-electron chi connectivity index (χ0n) is 16.5. The largest absolute Gasteiger partial charge is 0.496 e. The number of benzene rings is 2. The zero-order valence-corrected chi connectivity index (χ0v) is 17.3. The molecule has 0 aliphatic carbocycles. The van der Waals surface area contributed by atoms with E-state index in [0.717, 1.165) is 17.2 Å². The number of hydrogen-bond acceptors (Lipinski definition) is 6. The number of aryl methyl sites for hydroxylation is 1. The highest BCUT2D eigenvalue weighted by molar-refractivity contribution is 7.89. The molecule has 0 amide bonds. The van der Waals surface area contributed by atoms with Crippen LogP contribution in [0.5, 0.6) is 5.75 Å². The molecule has 152 valence electrons. The molecule has 8 nitrogen and oxygen atoms in total. The summed E-state index contributed by atoms with van der Waals surface area (Å²) in [5.41, 5.74) is 1.78. The zero-order chi connectivity index (χ0) is 21.1. The maximum absolute atomic E-state index is 12.3. The highest BCUT2D eigenvalue weighted by Gasteiger charge is 2.23. The lowest BCUT2D eigenvalue weighted by atomic mass is 10.0. The lowest BCUT2D eigenvalue weighted by molar-refractivity contribution is -0.384. The van der Waals surface area contributed by atoms with E-state index in [1.54, 1.807) is 21.0 Å². The molecular weight excluding hydrogens is 382 g/mol. The van der Waals surface area contributed by atoms with Crippen molar-refractivity contribution in [1.82, 2.24) is 4.72 Å². The fraction of sp³-hybridized carbons (Fsp3) is 0.368. The Bertz CT molecular complexity index is 974. The summed E-state index contributed by atoms with van der Waals surface area (Å²) in [6.45, 7) is 7.16. The second-order valence-corrected chi connectivity index (χ2v) is 8.54. The van der Waals surface area contributed by atoms with Crippen LogP contribution in [-0.2, 0) is 10.0 Å². The quantitative estimate of drug-likeness (QED) is 0.509. The number of nitro benzene ring substituents is 1. The Morgan fingerprint density at radius 2 is 1.79 bits per heavy atom. The van der Waals surface area contributed by atoms with Crippen LogP contribution in [0.25, 0.3) is 0 Å². The summed E-state index contributed by atoms with van der Waals surface area (Å²) in [4.78, 5) is 10.8. The van der Waals surface area contributed by atoms with Crippen molar-refractivity contribution in [3.05, 3.63) is 57.6 Å². The molecule has 2 aromatic rings. The van der Waals surface area contributed by atoms with Gasteiger partial charge in [0.15, 0.2) is 0 Å². The topological polar surface area (TPSA) is 111 Å². The van der Waals surface area contributed by atoms with Crippen molar-refractivity contribution in [2.24, 2.45) is 0 Å². The summed E-state index contributed by atoms with van der Waals surface area (Å²) in [6.07, 6.45) is 0. The molecular formula is C19H25N3O5S. The normalized spacial score (nSPS) is 12.6. The molecule has 0 fully saturated rings. The van der Waals surface area contributed by atoms with E-state index in [1.807, 2.05) is 32.0 Å². The Labute approximate surface area is 165 Å². The molecule has 0 aromatic heterocycles. The number of ether oxygens (including phenoxy) is 1. The summed E-state index contributed by atoms with van der Waals surface area (Å²) in [5, 5.41) is 14.6.